The molecule has 1 heterocycles. The third-order valence-corrected chi connectivity index (χ3v) is 2.99. The maximum Gasteiger partial charge on any atom is 0.248 e. The maximum absolute atomic E-state index is 11.4. The molecule has 0 aliphatic heterocycles. The van der Waals surface area contributed by atoms with Gasteiger partial charge in [-0.15, -0.1) is 0 Å². The molecule has 0 aliphatic rings. The quantitative estimate of drug-likeness (QED) is 0.907. The van der Waals surface area contributed by atoms with Gasteiger partial charge >= 0.3 is 0 Å². The highest BCUT2D eigenvalue weighted by Gasteiger charge is 2.03. The Morgan fingerprint density at radius 1 is 1.31 bits per heavy atom. The number of aliphatic hydroxyl groups is 1. The van der Waals surface area contributed by atoms with Crippen molar-refractivity contribution in [1.29, 1.82) is 0 Å². The van der Waals surface area contributed by atoms with Gasteiger partial charge in [0, 0.05) is 28.0 Å². The van der Waals surface area contributed by atoms with Crippen molar-refractivity contribution in [2.75, 3.05) is 6.61 Å². The second-order valence-electron chi connectivity index (χ2n) is 3.68. The molecule has 0 unspecified atom stereocenters. The van der Waals surface area contributed by atoms with Gasteiger partial charge in [0.2, 0.25) is 5.56 Å². The van der Waals surface area contributed by atoms with Crippen LogP contribution in [0.2, 0.25) is 0 Å². The highest BCUT2D eigenvalue weighted by Crippen LogP contribution is 2.21. The summed E-state index contributed by atoms with van der Waals surface area (Å²) in [4.78, 5) is 14.2. The molecule has 0 radical (unpaired) electrons. The van der Waals surface area contributed by atoms with Gasteiger partial charge in [0.15, 0.2) is 0 Å². The molecule has 2 aromatic rings. The van der Waals surface area contributed by atoms with Crippen molar-refractivity contribution in [3.8, 4) is 0 Å². The van der Waals surface area contributed by atoms with Crippen molar-refractivity contribution in [3.63, 3.8) is 0 Å². The summed E-state index contributed by atoms with van der Waals surface area (Å²) in [5.41, 5.74) is 1.72. The van der Waals surface area contributed by atoms with E-state index in [9.17, 15) is 4.79 Å². The van der Waals surface area contributed by atoms with Gasteiger partial charge < -0.3 is 10.1 Å². The standard InChI is InChI=1S/C12H12BrNO2/c13-9-3-4-11-10(7-9)8(2-1-5-15)6-12(16)14-11/h3-4,6-7,15H,1-2,5H2,(H,14,16). The van der Waals surface area contributed by atoms with E-state index in [4.69, 9.17) is 5.11 Å². The molecule has 1 aromatic carbocycles. The second-order valence-corrected chi connectivity index (χ2v) is 4.59. The van der Waals surface area contributed by atoms with Crippen molar-refractivity contribution in [3.05, 3.63) is 44.7 Å². The molecule has 16 heavy (non-hydrogen) atoms. The Labute approximate surface area is 101 Å². The van der Waals surface area contributed by atoms with Gasteiger partial charge in [-0.1, -0.05) is 15.9 Å². The van der Waals surface area contributed by atoms with Crippen molar-refractivity contribution >= 4 is 26.8 Å². The Balaban J connectivity index is 2.60. The van der Waals surface area contributed by atoms with Crippen LogP contribution in [0.4, 0.5) is 0 Å². The van der Waals surface area contributed by atoms with Crippen LogP contribution < -0.4 is 5.56 Å². The van der Waals surface area contributed by atoms with Gasteiger partial charge in [-0.2, -0.15) is 0 Å². The molecule has 84 valence electrons. The minimum absolute atomic E-state index is 0.0947. The first-order chi connectivity index (χ1) is 7.70. The van der Waals surface area contributed by atoms with E-state index in [1.807, 2.05) is 18.2 Å². The van der Waals surface area contributed by atoms with Gasteiger partial charge in [-0.05, 0) is 36.6 Å². The van der Waals surface area contributed by atoms with Crippen LogP contribution in [0.1, 0.15) is 12.0 Å². The van der Waals surface area contributed by atoms with Crippen LogP contribution in [-0.4, -0.2) is 16.7 Å². The van der Waals surface area contributed by atoms with Gasteiger partial charge in [-0.25, -0.2) is 0 Å². The van der Waals surface area contributed by atoms with Crippen LogP contribution in [0.3, 0.4) is 0 Å². The third kappa shape index (κ3) is 2.33. The zero-order valence-electron chi connectivity index (χ0n) is 8.66. The zero-order chi connectivity index (χ0) is 11.5. The summed E-state index contributed by atoms with van der Waals surface area (Å²) in [6.45, 7) is 0.141. The van der Waals surface area contributed by atoms with Gasteiger partial charge in [0.05, 0.1) is 0 Å². The number of nitrogens with one attached hydrogen (secondary N) is 1. The molecule has 2 N–H and O–H groups in total. The van der Waals surface area contributed by atoms with E-state index < -0.39 is 0 Å². The molecule has 1 aromatic heterocycles. The summed E-state index contributed by atoms with van der Waals surface area (Å²) in [6, 6.07) is 7.36. The Bertz CT molecular complexity index is 562. The average Bonchev–Trinajstić information content (AvgIpc) is 2.26. The topological polar surface area (TPSA) is 53.1 Å². The molecule has 0 saturated heterocycles. The number of aliphatic hydroxyl groups excluding tert-OH is 1. The van der Waals surface area contributed by atoms with E-state index in [-0.39, 0.29) is 12.2 Å². The molecule has 2 rings (SSSR count). The van der Waals surface area contributed by atoms with E-state index in [2.05, 4.69) is 20.9 Å². The summed E-state index contributed by atoms with van der Waals surface area (Å²) < 4.78 is 0.984. The number of hydrogen-bond donors (Lipinski definition) is 2. The predicted octanol–water partition coefficient (Wildman–Crippen LogP) is 2.22. The number of fused-ring (bicyclic) bond motifs is 1. The Kier molecular flexibility index (Phi) is 3.41. The molecule has 4 heteroatoms. The van der Waals surface area contributed by atoms with Crippen LogP contribution >= 0.6 is 15.9 Å². The van der Waals surface area contributed by atoms with Crippen molar-refractivity contribution in [2.45, 2.75) is 12.8 Å². The Morgan fingerprint density at radius 3 is 2.88 bits per heavy atom. The number of aromatic amines is 1. The minimum Gasteiger partial charge on any atom is -0.396 e. The number of aryl methyl sites for hydroxylation is 1. The number of pyridine rings is 1. The number of H-pyrrole nitrogens is 1. The highest BCUT2D eigenvalue weighted by atomic mass is 79.9. The van der Waals surface area contributed by atoms with Crippen LogP contribution in [-0.2, 0) is 6.42 Å². The first-order valence-corrected chi connectivity index (χ1v) is 5.92. The number of halogens is 1. The van der Waals surface area contributed by atoms with Crippen LogP contribution in [0.15, 0.2) is 33.5 Å². The molecule has 0 saturated carbocycles. The molecule has 0 bridgehead atoms. The SMILES string of the molecule is O=c1cc(CCCO)c2cc(Br)ccc2[nH]1. The molecule has 0 aliphatic carbocycles. The largest absolute Gasteiger partial charge is 0.396 e. The number of hydrogen-bond acceptors (Lipinski definition) is 2. The van der Waals surface area contributed by atoms with Crippen molar-refractivity contribution in [1.82, 2.24) is 4.98 Å². The maximum atomic E-state index is 11.4. The summed E-state index contributed by atoms with van der Waals surface area (Å²) in [7, 11) is 0. The van der Waals surface area contributed by atoms with E-state index in [1.165, 1.54) is 0 Å². The summed E-state index contributed by atoms with van der Waals surface area (Å²) >= 11 is 3.41. The average molecular weight is 282 g/mol. The lowest BCUT2D eigenvalue weighted by atomic mass is 10.1. The fraction of sp³-hybridized carbons (Fsp3) is 0.250. The molecule has 3 nitrogen and oxygen atoms in total. The van der Waals surface area contributed by atoms with Gasteiger partial charge in [0.25, 0.3) is 0 Å². The normalized spacial score (nSPS) is 10.9. The van der Waals surface area contributed by atoms with E-state index >= 15 is 0 Å². The molecule has 0 spiro atoms. The lowest BCUT2D eigenvalue weighted by Gasteiger charge is -2.05. The van der Waals surface area contributed by atoms with Crippen LogP contribution in [0, 0.1) is 0 Å². The highest BCUT2D eigenvalue weighted by molar-refractivity contribution is 9.10. The third-order valence-electron chi connectivity index (χ3n) is 2.49. The monoisotopic (exact) mass is 281 g/mol. The molecule has 0 amide bonds. The van der Waals surface area contributed by atoms with E-state index in [0.717, 1.165) is 20.9 Å². The van der Waals surface area contributed by atoms with Gasteiger partial charge in [-0.3, -0.25) is 4.79 Å². The number of benzene rings is 1. The Morgan fingerprint density at radius 2 is 2.12 bits per heavy atom. The molecule has 0 atom stereocenters. The zero-order valence-corrected chi connectivity index (χ0v) is 10.3. The molecular weight excluding hydrogens is 270 g/mol. The summed E-state index contributed by atoms with van der Waals surface area (Å²) in [5, 5.41) is 9.86. The first-order valence-electron chi connectivity index (χ1n) is 5.13. The number of rotatable bonds is 3. The fourth-order valence-corrected chi connectivity index (χ4v) is 2.13. The fourth-order valence-electron chi connectivity index (χ4n) is 1.77. The van der Waals surface area contributed by atoms with E-state index in [1.54, 1.807) is 6.07 Å². The lowest BCUT2D eigenvalue weighted by molar-refractivity contribution is 0.288. The summed E-state index contributed by atoms with van der Waals surface area (Å²) in [6.07, 6.45) is 1.39. The van der Waals surface area contributed by atoms with Crippen LogP contribution in [0.5, 0.6) is 0 Å². The van der Waals surface area contributed by atoms with E-state index in [0.29, 0.717) is 12.8 Å². The van der Waals surface area contributed by atoms with Gasteiger partial charge in [0.1, 0.15) is 0 Å². The van der Waals surface area contributed by atoms with Crippen molar-refractivity contribution < 1.29 is 5.11 Å². The minimum atomic E-state index is -0.0947. The predicted molar refractivity (Wildman–Crippen MR) is 67.7 cm³/mol. The van der Waals surface area contributed by atoms with Crippen LogP contribution in [0.25, 0.3) is 10.9 Å². The first kappa shape index (κ1) is 11.4. The van der Waals surface area contributed by atoms with Crippen molar-refractivity contribution in [2.24, 2.45) is 0 Å². The second kappa shape index (κ2) is 4.80. The number of aromatic nitrogens is 1. The molecule has 0 fully saturated rings. The lowest BCUT2D eigenvalue weighted by Crippen LogP contribution is -2.07. The smallest absolute Gasteiger partial charge is 0.248 e. The Hall–Kier alpha value is -1.13. The summed E-state index contributed by atoms with van der Waals surface area (Å²) in [5.74, 6) is 0. The molecular formula is C12H12BrNO2.